The highest BCUT2D eigenvalue weighted by Gasteiger charge is 2.15. The van der Waals surface area contributed by atoms with E-state index in [4.69, 9.17) is 24.7 Å². The number of ether oxygens (including phenoxy) is 4. The van der Waals surface area contributed by atoms with Crippen LogP contribution < -0.4 is 24.7 Å². The van der Waals surface area contributed by atoms with Crippen molar-refractivity contribution >= 4 is 23.5 Å². The van der Waals surface area contributed by atoms with Gasteiger partial charge < -0.3 is 29.8 Å². The van der Waals surface area contributed by atoms with Gasteiger partial charge in [0.15, 0.2) is 11.5 Å². The summed E-state index contributed by atoms with van der Waals surface area (Å²) in [7, 11) is 6.22. The highest BCUT2D eigenvalue weighted by atomic mass is 32.1. The summed E-state index contributed by atoms with van der Waals surface area (Å²) in [6, 6.07) is 8.15. The fourth-order valence-electron chi connectivity index (χ4n) is 3.14. The van der Waals surface area contributed by atoms with E-state index < -0.39 is 5.91 Å². The molecule has 0 aliphatic heterocycles. The van der Waals surface area contributed by atoms with Gasteiger partial charge in [0.1, 0.15) is 5.75 Å². The lowest BCUT2D eigenvalue weighted by atomic mass is 10.1. The zero-order chi connectivity index (χ0) is 24.7. The van der Waals surface area contributed by atoms with Crippen LogP contribution in [0.4, 0.5) is 0 Å². The number of carbonyl (C=O) groups is 1. The second-order valence-corrected chi connectivity index (χ2v) is 7.73. The lowest BCUT2D eigenvalue weighted by molar-refractivity contribution is 0.0998. The molecule has 0 saturated carbocycles. The van der Waals surface area contributed by atoms with E-state index in [9.17, 15) is 9.90 Å². The quantitative estimate of drug-likeness (QED) is 0.335. The minimum atomic E-state index is -0.730. The van der Waals surface area contributed by atoms with Gasteiger partial charge in [-0.1, -0.05) is 0 Å². The molecule has 10 nitrogen and oxygen atoms in total. The van der Waals surface area contributed by atoms with Gasteiger partial charge in [-0.3, -0.25) is 9.79 Å². The number of rotatable bonds is 10. The van der Waals surface area contributed by atoms with Crippen molar-refractivity contribution in [3.8, 4) is 34.3 Å². The number of hydrogen-bond donors (Lipinski definition) is 2. The van der Waals surface area contributed by atoms with Crippen LogP contribution in [0.25, 0.3) is 11.3 Å². The van der Waals surface area contributed by atoms with E-state index in [2.05, 4.69) is 10.1 Å². The molecule has 3 N–H and O–H groups in total. The van der Waals surface area contributed by atoms with Crippen LogP contribution in [0.5, 0.6) is 23.0 Å². The number of aromatic nitrogens is 1. The third-order valence-electron chi connectivity index (χ3n) is 4.79. The number of phenols is 1. The molecule has 3 aromatic rings. The average molecular weight is 487 g/mol. The highest BCUT2D eigenvalue weighted by Crippen LogP contribution is 2.37. The molecule has 0 aliphatic rings. The van der Waals surface area contributed by atoms with Crippen molar-refractivity contribution in [2.24, 2.45) is 15.8 Å². The summed E-state index contributed by atoms with van der Waals surface area (Å²) in [4.78, 5) is 16.9. The molecule has 2 aromatic carbocycles. The second-order valence-electron chi connectivity index (χ2n) is 6.89. The summed E-state index contributed by atoms with van der Waals surface area (Å²) in [5.74, 6) is 0.544. The van der Waals surface area contributed by atoms with E-state index in [0.717, 1.165) is 0 Å². The van der Waals surface area contributed by atoms with Crippen LogP contribution in [0.3, 0.4) is 0 Å². The Bertz CT molecular complexity index is 1240. The van der Waals surface area contributed by atoms with Gasteiger partial charge in [-0.05, 0) is 30.3 Å². The maximum atomic E-state index is 11.7. The molecule has 0 fully saturated rings. The topological polar surface area (TPSA) is 130 Å². The molecule has 1 amide bonds. The summed E-state index contributed by atoms with van der Waals surface area (Å²) in [6.45, 7) is 0.896. The third-order valence-corrected chi connectivity index (χ3v) is 5.65. The van der Waals surface area contributed by atoms with Crippen LogP contribution in [0.1, 0.15) is 15.9 Å². The van der Waals surface area contributed by atoms with E-state index in [-0.39, 0.29) is 11.3 Å². The maximum absolute atomic E-state index is 11.7. The Hall–Kier alpha value is -3.83. The number of aromatic hydroxyl groups is 1. The number of benzene rings is 2. The number of nitrogens with two attached hydrogens (primary N) is 1. The van der Waals surface area contributed by atoms with E-state index >= 15 is 0 Å². The van der Waals surface area contributed by atoms with Crippen LogP contribution >= 0.6 is 11.3 Å². The van der Waals surface area contributed by atoms with Gasteiger partial charge in [0, 0.05) is 23.6 Å². The molecule has 0 atom stereocenters. The summed E-state index contributed by atoms with van der Waals surface area (Å²) in [6.07, 6.45) is 1.63. The lowest BCUT2D eigenvalue weighted by Gasteiger charge is -2.12. The molecular weight excluding hydrogens is 460 g/mol. The van der Waals surface area contributed by atoms with Crippen molar-refractivity contribution in [3.63, 3.8) is 0 Å². The first-order valence-electron chi connectivity index (χ1n) is 10.1. The molecule has 0 aliphatic carbocycles. The molecule has 3 rings (SSSR count). The van der Waals surface area contributed by atoms with Crippen LogP contribution in [0.2, 0.25) is 0 Å². The highest BCUT2D eigenvalue weighted by molar-refractivity contribution is 7.07. The molecular formula is C23H26N4O6S. The van der Waals surface area contributed by atoms with E-state index in [1.807, 2.05) is 5.38 Å². The monoisotopic (exact) mass is 486 g/mol. The van der Waals surface area contributed by atoms with Gasteiger partial charge >= 0.3 is 0 Å². The smallest absolute Gasteiger partial charge is 0.252 e. The normalized spacial score (nSPS) is 11.7. The van der Waals surface area contributed by atoms with E-state index in [1.165, 1.54) is 44.8 Å². The Morgan fingerprint density at radius 1 is 1.12 bits per heavy atom. The van der Waals surface area contributed by atoms with Gasteiger partial charge in [0.2, 0.25) is 10.6 Å². The maximum Gasteiger partial charge on any atom is 0.252 e. The fourth-order valence-corrected chi connectivity index (χ4v) is 4.01. The number of methoxy groups -OCH3 is 4. The van der Waals surface area contributed by atoms with Crippen LogP contribution in [0, 0.1) is 0 Å². The van der Waals surface area contributed by atoms with Crippen LogP contribution in [0.15, 0.2) is 45.8 Å². The molecule has 0 radical (unpaired) electrons. The Morgan fingerprint density at radius 2 is 1.82 bits per heavy atom. The Labute approximate surface area is 200 Å². The number of thiazole rings is 1. The molecule has 0 spiro atoms. The number of primary amides is 1. The third kappa shape index (κ3) is 5.38. The molecule has 1 aromatic heterocycles. The SMILES string of the molecule is COCCN=c1scc(-c2ccc(O)c(C(N)=O)c2)n1/N=C/c1cc(OC)c(OC)c(OC)c1. The fraction of sp³-hybridized carbons (Fsp3) is 0.261. The number of carbonyl (C=O) groups excluding carboxylic acids is 1. The summed E-state index contributed by atoms with van der Waals surface area (Å²) >= 11 is 1.38. The van der Waals surface area contributed by atoms with Gasteiger partial charge in [-0.25, -0.2) is 4.68 Å². The van der Waals surface area contributed by atoms with E-state index in [1.54, 1.807) is 36.2 Å². The van der Waals surface area contributed by atoms with Gasteiger partial charge in [-0.2, -0.15) is 5.10 Å². The molecule has 11 heteroatoms. The molecule has 0 saturated heterocycles. The van der Waals surface area contributed by atoms with Crippen molar-refractivity contribution in [2.45, 2.75) is 0 Å². The van der Waals surface area contributed by atoms with Crippen molar-refractivity contribution in [2.75, 3.05) is 41.6 Å². The van der Waals surface area contributed by atoms with Crippen LogP contribution in [-0.4, -0.2) is 63.5 Å². The van der Waals surface area contributed by atoms with Crippen LogP contribution in [-0.2, 0) is 4.74 Å². The first-order valence-corrected chi connectivity index (χ1v) is 11.0. The Morgan fingerprint density at radius 3 is 2.41 bits per heavy atom. The summed E-state index contributed by atoms with van der Waals surface area (Å²) < 4.78 is 22.9. The number of nitrogens with zero attached hydrogens (tertiary/aromatic N) is 3. The first kappa shape index (κ1) is 24.8. The number of amides is 1. The van der Waals surface area contributed by atoms with Crippen molar-refractivity contribution < 1.29 is 28.8 Å². The van der Waals surface area contributed by atoms with Crippen molar-refractivity contribution in [3.05, 3.63) is 51.6 Å². The minimum absolute atomic E-state index is 0.0155. The Kier molecular flexibility index (Phi) is 8.28. The Balaban J connectivity index is 2.13. The largest absolute Gasteiger partial charge is 0.507 e. The van der Waals surface area contributed by atoms with E-state index in [0.29, 0.717) is 52.0 Å². The molecule has 34 heavy (non-hydrogen) atoms. The molecule has 0 bridgehead atoms. The number of hydrogen-bond acceptors (Lipinski definition) is 9. The second kappa shape index (κ2) is 11.3. The summed E-state index contributed by atoms with van der Waals surface area (Å²) in [5.41, 5.74) is 7.41. The molecule has 0 unspecified atom stereocenters. The predicted octanol–water partition coefficient (Wildman–Crippen LogP) is 2.48. The van der Waals surface area contributed by atoms with Gasteiger partial charge in [-0.15, -0.1) is 11.3 Å². The molecule has 180 valence electrons. The van der Waals surface area contributed by atoms with Gasteiger partial charge in [0.25, 0.3) is 5.91 Å². The standard InChI is InChI=1S/C23H26N4O6S/c1-30-8-7-25-23-27(17(13-34-23)15-5-6-18(28)16(11-15)22(24)29)26-12-14-9-19(31-2)21(33-4)20(10-14)32-3/h5-6,9-13,28H,7-8H2,1-4H3,(H2,24,29)/b25-23?,26-12+. The van der Waals surface area contributed by atoms with Crippen molar-refractivity contribution in [1.29, 1.82) is 0 Å². The minimum Gasteiger partial charge on any atom is -0.507 e. The van der Waals surface area contributed by atoms with Gasteiger partial charge in [0.05, 0.1) is 52.0 Å². The zero-order valence-corrected chi connectivity index (χ0v) is 20.1. The zero-order valence-electron chi connectivity index (χ0n) is 19.3. The first-order chi connectivity index (χ1) is 16.4. The summed E-state index contributed by atoms with van der Waals surface area (Å²) in [5, 5.41) is 16.5. The van der Waals surface area contributed by atoms with Crippen molar-refractivity contribution in [1.82, 2.24) is 4.68 Å². The molecule has 1 heterocycles. The predicted molar refractivity (Wildman–Crippen MR) is 129 cm³/mol. The lowest BCUT2D eigenvalue weighted by Crippen LogP contribution is -2.14. The average Bonchev–Trinajstić information content (AvgIpc) is 3.24.